The van der Waals surface area contributed by atoms with Crippen LogP contribution in [0.2, 0.25) is 0 Å². The van der Waals surface area contributed by atoms with Crippen LogP contribution in [-0.4, -0.2) is 19.0 Å². The molecule has 1 atom stereocenters. The van der Waals surface area contributed by atoms with Crippen LogP contribution in [0.15, 0.2) is 24.3 Å². The normalized spacial score (nSPS) is 12.2. The van der Waals surface area contributed by atoms with Gasteiger partial charge < -0.3 is 10.6 Å². The molecule has 1 unspecified atom stereocenters. The first kappa shape index (κ1) is 14.6. The first-order valence-electron chi connectivity index (χ1n) is 6.34. The highest BCUT2D eigenvalue weighted by atomic mass is 19.1. The predicted molar refractivity (Wildman–Crippen MR) is 71.9 cm³/mol. The summed E-state index contributed by atoms with van der Waals surface area (Å²) in [6, 6.07) is 5.99. The van der Waals surface area contributed by atoms with Gasteiger partial charge in [0.25, 0.3) is 0 Å². The van der Waals surface area contributed by atoms with Crippen molar-refractivity contribution >= 4 is 11.6 Å². The summed E-state index contributed by atoms with van der Waals surface area (Å²) in [5, 5.41) is 0. The zero-order valence-corrected chi connectivity index (χ0v) is 11.0. The van der Waals surface area contributed by atoms with Crippen molar-refractivity contribution in [3.05, 3.63) is 30.1 Å². The van der Waals surface area contributed by atoms with Crippen molar-refractivity contribution in [3.8, 4) is 0 Å². The largest absolute Gasteiger partial charge is 0.330 e. The van der Waals surface area contributed by atoms with Crippen LogP contribution in [0, 0.1) is 11.7 Å². The highest BCUT2D eigenvalue weighted by Crippen LogP contribution is 2.17. The topological polar surface area (TPSA) is 46.3 Å². The maximum Gasteiger partial charge on any atom is 0.226 e. The molecule has 3 nitrogen and oxygen atoms in total. The lowest BCUT2D eigenvalue weighted by molar-refractivity contribution is -0.118. The lowest BCUT2D eigenvalue weighted by Gasteiger charge is -2.21. The van der Waals surface area contributed by atoms with Crippen LogP contribution in [0.1, 0.15) is 26.7 Å². The van der Waals surface area contributed by atoms with Gasteiger partial charge in [-0.15, -0.1) is 0 Å². The van der Waals surface area contributed by atoms with Crippen molar-refractivity contribution in [2.75, 3.05) is 18.0 Å². The van der Waals surface area contributed by atoms with Crippen molar-refractivity contribution < 1.29 is 9.18 Å². The van der Waals surface area contributed by atoms with Crippen LogP contribution in [-0.2, 0) is 4.79 Å². The molecular formula is C14H21FN2O. The molecule has 1 aromatic rings. The highest BCUT2D eigenvalue weighted by molar-refractivity contribution is 5.93. The second-order valence-electron chi connectivity index (χ2n) is 4.49. The molecule has 0 aliphatic heterocycles. The fourth-order valence-corrected chi connectivity index (χ4v) is 1.75. The zero-order valence-electron chi connectivity index (χ0n) is 11.0. The molecule has 0 aliphatic rings. The van der Waals surface area contributed by atoms with Crippen LogP contribution >= 0.6 is 0 Å². The second kappa shape index (κ2) is 7.11. The molecule has 0 fully saturated rings. The predicted octanol–water partition coefficient (Wildman–Crippen LogP) is 2.55. The molecule has 0 saturated heterocycles. The van der Waals surface area contributed by atoms with Crippen LogP contribution in [0.25, 0.3) is 0 Å². The van der Waals surface area contributed by atoms with E-state index in [4.69, 9.17) is 5.73 Å². The third kappa shape index (κ3) is 4.11. The van der Waals surface area contributed by atoms with Crippen molar-refractivity contribution in [1.82, 2.24) is 0 Å². The number of nitrogens with two attached hydrogens (primary N) is 1. The van der Waals surface area contributed by atoms with E-state index in [1.165, 1.54) is 12.1 Å². The minimum atomic E-state index is -0.293. The number of benzene rings is 1. The molecule has 18 heavy (non-hydrogen) atoms. The standard InChI is InChI=1S/C14H21FN2O/c1-3-17(13-7-5-12(15)6-8-13)14(18)9-4-11(2)10-16/h5-8,11H,3-4,9-10,16H2,1-2H3. The smallest absolute Gasteiger partial charge is 0.226 e. The van der Waals surface area contributed by atoms with E-state index in [1.807, 2.05) is 13.8 Å². The van der Waals surface area contributed by atoms with Gasteiger partial charge in [-0.1, -0.05) is 6.92 Å². The first-order chi connectivity index (χ1) is 8.58. The molecule has 2 N–H and O–H groups in total. The number of halogens is 1. The van der Waals surface area contributed by atoms with E-state index in [-0.39, 0.29) is 11.7 Å². The summed E-state index contributed by atoms with van der Waals surface area (Å²) in [7, 11) is 0. The number of hydrogen-bond donors (Lipinski definition) is 1. The third-order valence-corrected chi connectivity index (χ3v) is 3.01. The molecule has 0 aliphatic carbocycles. The maximum atomic E-state index is 12.8. The van der Waals surface area contributed by atoms with Crippen LogP contribution in [0.4, 0.5) is 10.1 Å². The van der Waals surface area contributed by atoms with Gasteiger partial charge in [-0.25, -0.2) is 4.39 Å². The number of carbonyl (C=O) groups is 1. The highest BCUT2D eigenvalue weighted by Gasteiger charge is 2.14. The Morgan fingerprint density at radius 2 is 2.00 bits per heavy atom. The molecule has 1 aromatic carbocycles. The SMILES string of the molecule is CCN(C(=O)CCC(C)CN)c1ccc(F)cc1. The van der Waals surface area contributed by atoms with Crippen LogP contribution < -0.4 is 10.6 Å². The maximum absolute atomic E-state index is 12.8. The van der Waals surface area contributed by atoms with E-state index in [0.717, 1.165) is 12.1 Å². The molecular weight excluding hydrogens is 231 g/mol. The average molecular weight is 252 g/mol. The summed E-state index contributed by atoms with van der Waals surface area (Å²) in [5.74, 6) is 0.115. The minimum Gasteiger partial charge on any atom is -0.330 e. The Hall–Kier alpha value is -1.42. The zero-order chi connectivity index (χ0) is 13.5. The number of nitrogens with zero attached hydrogens (tertiary/aromatic N) is 1. The molecule has 0 radical (unpaired) electrons. The molecule has 0 aromatic heterocycles. The second-order valence-corrected chi connectivity index (χ2v) is 4.49. The van der Waals surface area contributed by atoms with E-state index in [1.54, 1.807) is 17.0 Å². The van der Waals surface area contributed by atoms with E-state index < -0.39 is 0 Å². The Morgan fingerprint density at radius 3 is 2.50 bits per heavy atom. The molecule has 100 valence electrons. The lowest BCUT2D eigenvalue weighted by Crippen LogP contribution is -2.31. The van der Waals surface area contributed by atoms with Gasteiger partial charge >= 0.3 is 0 Å². The summed E-state index contributed by atoms with van der Waals surface area (Å²) in [5.41, 5.74) is 6.27. The van der Waals surface area contributed by atoms with Gasteiger partial charge in [-0.2, -0.15) is 0 Å². The quantitative estimate of drug-likeness (QED) is 0.845. The lowest BCUT2D eigenvalue weighted by atomic mass is 10.1. The van der Waals surface area contributed by atoms with Gasteiger partial charge in [0.05, 0.1) is 0 Å². The molecule has 0 saturated carbocycles. The Bertz CT molecular complexity index is 378. The first-order valence-corrected chi connectivity index (χ1v) is 6.34. The van der Waals surface area contributed by atoms with Crippen molar-refractivity contribution in [2.24, 2.45) is 11.7 Å². The van der Waals surface area contributed by atoms with Crippen molar-refractivity contribution in [2.45, 2.75) is 26.7 Å². The van der Waals surface area contributed by atoms with Crippen molar-refractivity contribution in [3.63, 3.8) is 0 Å². The fraction of sp³-hybridized carbons (Fsp3) is 0.500. The van der Waals surface area contributed by atoms with Crippen molar-refractivity contribution in [1.29, 1.82) is 0 Å². The Kier molecular flexibility index (Phi) is 5.78. The monoisotopic (exact) mass is 252 g/mol. The molecule has 0 heterocycles. The summed E-state index contributed by atoms with van der Waals surface area (Å²) >= 11 is 0. The van der Waals surface area contributed by atoms with Gasteiger partial charge in [-0.3, -0.25) is 4.79 Å². The van der Waals surface area contributed by atoms with E-state index in [2.05, 4.69) is 0 Å². The van der Waals surface area contributed by atoms with Gasteiger partial charge in [0.15, 0.2) is 0 Å². The minimum absolute atomic E-state index is 0.0596. The average Bonchev–Trinajstić information content (AvgIpc) is 2.39. The fourth-order valence-electron chi connectivity index (χ4n) is 1.75. The Morgan fingerprint density at radius 1 is 1.39 bits per heavy atom. The van der Waals surface area contributed by atoms with Crippen LogP contribution in [0.5, 0.6) is 0 Å². The molecule has 4 heteroatoms. The van der Waals surface area contributed by atoms with Crippen LogP contribution in [0.3, 0.4) is 0 Å². The summed E-state index contributed by atoms with van der Waals surface area (Å²) < 4.78 is 12.8. The molecule has 1 amide bonds. The van der Waals surface area contributed by atoms with Gasteiger partial charge in [0.1, 0.15) is 5.82 Å². The molecule has 0 spiro atoms. The number of amides is 1. The van der Waals surface area contributed by atoms with Gasteiger partial charge in [0.2, 0.25) is 5.91 Å². The van der Waals surface area contributed by atoms with E-state index >= 15 is 0 Å². The van der Waals surface area contributed by atoms with E-state index in [0.29, 0.717) is 25.4 Å². The number of carbonyl (C=O) groups excluding carboxylic acids is 1. The molecule has 0 bridgehead atoms. The van der Waals surface area contributed by atoms with Gasteiger partial charge in [-0.05, 0) is 50.1 Å². The Balaban J connectivity index is 2.65. The summed E-state index contributed by atoms with van der Waals surface area (Å²) in [6.07, 6.45) is 1.26. The summed E-state index contributed by atoms with van der Waals surface area (Å²) in [6.45, 7) is 5.12. The Labute approximate surface area is 108 Å². The number of rotatable bonds is 6. The molecule has 1 rings (SSSR count). The third-order valence-electron chi connectivity index (χ3n) is 3.01. The van der Waals surface area contributed by atoms with Gasteiger partial charge in [0, 0.05) is 18.7 Å². The summed E-state index contributed by atoms with van der Waals surface area (Å²) in [4.78, 5) is 13.7. The van der Waals surface area contributed by atoms with E-state index in [9.17, 15) is 9.18 Å². The number of anilines is 1. The number of hydrogen-bond acceptors (Lipinski definition) is 2.